The number of rotatable bonds is 3. The van der Waals surface area contributed by atoms with Crippen molar-refractivity contribution in [2.75, 3.05) is 6.61 Å². The lowest BCUT2D eigenvalue weighted by molar-refractivity contribution is -0.384. The van der Waals surface area contributed by atoms with Gasteiger partial charge in [-0.15, -0.1) is 0 Å². The zero-order valence-corrected chi connectivity index (χ0v) is 9.30. The van der Waals surface area contributed by atoms with Gasteiger partial charge in [-0.2, -0.15) is 0 Å². The van der Waals surface area contributed by atoms with Crippen LogP contribution in [0.1, 0.15) is 18.4 Å². The number of nitrogens with zero attached hydrogens (tertiary/aromatic N) is 1. The van der Waals surface area contributed by atoms with Crippen LogP contribution in [0.2, 0.25) is 0 Å². The topological polar surface area (TPSA) is 69.4 Å². The van der Waals surface area contributed by atoms with Crippen molar-refractivity contribution in [2.24, 2.45) is 5.92 Å². The SMILES string of the molecule is O=C1CC(Cc2ccc([N+](=O)[O-])cc2)CCO1. The monoisotopic (exact) mass is 235 g/mol. The molecule has 0 saturated carbocycles. The normalized spacial score (nSPS) is 19.8. The summed E-state index contributed by atoms with van der Waals surface area (Å²) in [6.07, 6.45) is 2.08. The Kier molecular flexibility index (Phi) is 3.37. The summed E-state index contributed by atoms with van der Waals surface area (Å²) >= 11 is 0. The van der Waals surface area contributed by atoms with E-state index in [1.54, 1.807) is 12.1 Å². The minimum Gasteiger partial charge on any atom is -0.466 e. The molecule has 1 unspecified atom stereocenters. The van der Waals surface area contributed by atoms with Crippen molar-refractivity contribution < 1.29 is 14.5 Å². The first-order valence-electron chi connectivity index (χ1n) is 5.54. The number of cyclic esters (lactones) is 1. The number of non-ortho nitro benzene ring substituents is 1. The maximum Gasteiger partial charge on any atom is 0.306 e. The molecule has 1 fully saturated rings. The van der Waals surface area contributed by atoms with Crippen LogP contribution in [-0.4, -0.2) is 17.5 Å². The van der Waals surface area contributed by atoms with Crippen molar-refractivity contribution >= 4 is 11.7 Å². The minimum atomic E-state index is -0.415. The summed E-state index contributed by atoms with van der Waals surface area (Å²) in [6, 6.07) is 6.49. The molecule has 90 valence electrons. The van der Waals surface area contributed by atoms with Gasteiger partial charge in [-0.05, 0) is 24.3 Å². The molecule has 5 heteroatoms. The molecule has 5 nitrogen and oxygen atoms in total. The van der Waals surface area contributed by atoms with Gasteiger partial charge in [0.2, 0.25) is 0 Å². The van der Waals surface area contributed by atoms with Gasteiger partial charge < -0.3 is 4.74 Å². The lowest BCUT2D eigenvalue weighted by Gasteiger charge is -2.21. The van der Waals surface area contributed by atoms with Gasteiger partial charge in [0.1, 0.15) is 0 Å². The zero-order chi connectivity index (χ0) is 12.3. The van der Waals surface area contributed by atoms with E-state index in [0.717, 1.165) is 18.4 Å². The van der Waals surface area contributed by atoms with Crippen LogP contribution in [0, 0.1) is 16.0 Å². The van der Waals surface area contributed by atoms with Crippen LogP contribution < -0.4 is 0 Å². The van der Waals surface area contributed by atoms with E-state index < -0.39 is 4.92 Å². The quantitative estimate of drug-likeness (QED) is 0.457. The molecule has 1 aliphatic heterocycles. The van der Waals surface area contributed by atoms with Crippen LogP contribution in [0.15, 0.2) is 24.3 Å². The van der Waals surface area contributed by atoms with Gasteiger partial charge in [-0.3, -0.25) is 14.9 Å². The fourth-order valence-corrected chi connectivity index (χ4v) is 2.00. The molecule has 1 aromatic carbocycles. The molecule has 1 heterocycles. The van der Waals surface area contributed by atoms with Crippen molar-refractivity contribution in [1.82, 2.24) is 0 Å². The average molecular weight is 235 g/mol. The number of hydrogen-bond donors (Lipinski definition) is 0. The molecule has 0 bridgehead atoms. The zero-order valence-electron chi connectivity index (χ0n) is 9.30. The average Bonchev–Trinajstić information content (AvgIpc) is 2.29. The van der Waals surface area contributed by atoms with Crippen molar-refractivity contribution in [1.29, 1.82) is 0 Å². The summed E-state index contributed by atoms with van der Waals surface area (Å²) in [6.45, 7) is 0.483. The summed E-state index contributed by atoms with van der Waals surface area (Å²) < 4.78 is 4.87. The third-order valence-corrected chi connectivity index (χ3v) is 2.92. The second-order valence-corrected chi connectivity index (χ2v) is 4.21. The van der Waals surface area contributed by atoms with Crippen LogP contribution in [-0.2, 0) is 16.0 Å². The van der Waals surface area contributed by atoms with E-state index in [1.165, 1.54) is 12.1 Å². The molecule has 0 amide bonds. The van der Waals surface area contributed by atoms with Gasteiger partial charge in [-0.1, -0.05) is 12.1 Å². The van der Waals surface area contributed by atoms with E-state index >= 15 is 0 Å². The highest BCUT2D eigenvalue weighted by atomic mass is 16.6. The predicted octanol–water partition coefficient (Wildman–Crippen LogP) is 2.09. The van der Waals surface area contributed by atoms with Crippen molar-refractivity contribution in [2.45, 2.75) is 19.3 Å². The number of benzene rings is 1. The predicted molar refractivity (Wildman–Crippen MR) is 60.5 cm³/mol. The maximum absolute atomic E-state index is 11.1. The van der Waals surface area contributed by atoms with Gasteiger partial charge in [0.25, 0.3) is 5.69 Å². The van der Waals surface area contributed by atoms with Crippen LogP contribution in [0.3, 0.4) is 0 Å². The molecule has 1 aliphatic rings. The standard InChI is InChI=1S/C12H13NO4/c14-12-8-10(5-6-17-12)7-9-1-3-11(4-2-9)13(15)16/h1-4,10H,5-8H2. The number of nitro groups is 1. The first-order valence-corrected chi connectivity index (χ1v) is 5.54. The van der Waals surface area contributed by atoms with Crippen molar-refractivity contribution in [3.8, 4) is 0 Å². The van der Waals surface area contributed by atoms with E-state index in [2.05, 4.69) is 0 Å². The van der Waals surface area contributed by atoms with Gasteiger partial charge in [-0.25, -0.2) is 0 Å². The van der Waals surface area contributed by atoms with Gasteiger partial charge in [0.15, 0.2) is 0 Å². The second kappa shape index (κ2) is 4.95. The Bertz CT molecular complexity index is 427. The Balaban J connectivity index is 1.98. The summed E-state index contributed by atoms with van der Waals surface area (Å²) in [5.41, 5.74) is 1.12. The molecule has 1 atom stereocenters. The van der Waals surface area contributed by atoms with Gasteiger partial charge in [0, 0.05) is 18.6 Å². The van der Waals surface area contributed by atoms with E-state index in [9.17, 15) is 14.9 Å². The molecule has 2 rings (SSSR count). The molecular formula is C12H13NO4. The minimum absolute atomic E-state index is 0.0943. The Labute approximate surface area is 98.5 Å². The maximum atomic E-state index is 11.1. The highest BCUT2D eigenvalue weighted by molar-refractivity contribution is 5.70. The highest BCUT2D eigenvalue weighted by Gasteiger charge is 2.20. The number of esters is 1. The molecule has 0 N–H and O–H groups in total. The Morgan fingerprint density at radius 1 is 1.35 bits per heavy atom. The number of hydrogen-bond acceptors (Lipinski definition) is 4. The van der Waals surface area contributed by atoms with Crippen LogP contribution in [0.5, 0.6) is 0 Å². The number of nitro benzene ring substituents is 1. The highest BCUT2D eigenvalue weighted by Crippen LogP contribution is 2.22. The van der Waals surface area contributed by atoms with Crippen LogP contribution >= 0.6 is 0 Å². The largest absolute Gasteiger partial charge is 0.466 e. The lowest BCUT2D eigenvalue weighted by Crippen LogP contribution is -2.22. The Morgan fingerprint density at radius 3 is 2.65 bits per heavy atom. The van der Waals surface area contributed by atoms with E-state index in [4.69, 9.17) is 4.74 Å². The molecule has 1 aromatic rings. The van der Waals surface area contributed by atoms with Crippen molar-refractivity contribution in [3.05, 3.63) is 39.9 Å². The van der Waals surface area contributed by atoms with E-state index in [-0.39, 0.29) is 17.6 Å². The van der Waals surface area contributed by atoms with E-state index in [0.29, 0.717) is 13.0 Å². The summed E-state index contributed by atoms with van der Waals surface area (Å²) in [5, 5.41) is 10.5. The molecule has 0 aliphatic carbocycles. The third kappa shape index (κ3) is 3.03. The molecule has 0 spiro atoms. The van der Waals surface area contributed by atoms with Gasteiger partial charge in [0.05, 0.1) is 11.5 Å². The Hall–Kier alpha value is -1.91. The first-order chi connectivity index (χ1) is 8.15. The third-order valence-electron chi connectivity index (χ3n) is 2.92. The van der Waals surface area contributed by atoms with Crippen LogP contribution in [0.25, 0.3) is 0 Å². The summed E-state index contributed by atoms with van der Waals surface area (Å²) in [4.78, 5) is 21.2. The summed E-state index contributed by atoms with van der Waals surface area (Å²) in [7, 11) is 0. The fraction of sp³-hybridized carbons (Fsp3) is 0.417. The molecule has 0 aromatic heterocycles. The molecule has 1 saturated heterocycles. The first kappa shape index (κ1) is 11.6. The fourth-order valence-electron chi connectivity index (χ4n) is 2.00. The molecule has 17 heavy (non-hydrogen) atoms. The number of ether oxygens (including phenoxy) is 1. The van der Waals surface area contributed by atoms with Crippen molar-refractivity contribution in [3.63, 3.8) is 0 Å². The number of carbonyl (C=O) groups is 1. The number of carbonyl (C=O) groups excluding carboxylic acids is 1. The lowest BCUT2D eigenvalue weighted by atomic mass is 9.92. The van der Waals surface area contributed by atoms with E-state index in [1.807, 2.05) is 0 Å². The summed E-state index contributed by atoms with van der Waals surface area (Å²) in [5.74, 6) is 0.140. The Morgan fingerprint density at radius 2 is 2.06 bits per heavy atom. The second-order valence-electron chi connectivity index (χ2n) is 4.21. The van der Waals surface area contributed by atoms with Gasteiger partial charge >= 0.3 is 5.97 Å². The smallest absolute Gasteiger partial charge is 0.306 e. The molecule has 0 radical (unpaired) electrons. The molecular weight excluding hydrogens is 222 g/mol. The van der Waals surface area contributed by atoms with Crippen LogP contribution in [0.4, 0.5) is 5.69 Å².